The second-order valence-electron chi connectivity index (χ2n) is 5.18. The van der Waals surface area contributed by atoms with Gasteiger partial charge in [-0.3, -0.25) is 0 Å². The molecule has 0 aliphatic carbocycles. The summed E-state index contributed by atoms with van der Waals surface area (Å²) >= 11 is 0.620. The molecule has 0 aromatic heterocycles. The number of Topliss-reactive ketones (excluding diaryl/α,β-unsaturated/α-hetero) is 1. The molecule has 1 unspecified atom stereocenters. The topological polar surface area (TPSA) is 66.7 Å². The van der Waals surface area contributed by atoms with E-state index in [9.17, 15) is 22.8 Å². The van der Waals surface area contributed by atoms with Crippen LogP contribution in [0.4, 0.5) is 13.2 Å². The molecule has 26 heavy (non-hydrogen) atoms. The third-order valence-electron chi connectivity index (χ3n) is 3.42. The number of allylic oxidation sites excluding steroid dienone is 2. The SMILES string of the molecule is CSC1=C[I-]C(C(CC(=O)O)C(=O)c2cccc(C(F)(F)F)c2)=CC=N1. The molecule has 0 bridgehead atoms. The van der Waals surface area contributed by atoms with Gasteiger partial charge < -0.3 is 0 Å². The van der Waals surface area contributed by atoms with E-state index in [1.807, 2.05) is 10.3 Å². The number of aliphatic carboxylic acids is 1. The van der Waals surface area contributed by atoms with Gasteiger partial charge in [0.1, 0.15) is 0 Å². The van der Waals surface area contributed by atoms with E-state index in [2.05, 4.69) is 4.99 Å². The summed E-state index contributed by atoms with van der Waals surface area (Å²) in [4.78, 5) is 28.2. The van der Waals surface area contributed by atoms with E-state index in [1.165, 1.54) is 24.0 Å². The molecule has 1 aliphatic heterocycles. The van der Waals surface area contributed by atoms with Gasteiger partial charge in [-0.25, -0.2) is 0 Å². The molecule has 0 fully saturated rings. The number of aliphatic imine (C=N–C) groups is 1. The van der Waals surface area contributed by atoms with E-state index in [-0.39, 0.29) is 5.56 Å². The summed E-state index contributed by atoms with van der Waals surface area (Å²) in [6.45, 7) is 0. The van der Waals surface area contributed by atoms with E-state index in [0.717, 1.165) is 23.2 Å². The average molecular weight is 496 g/mol. The summed E-state index contributed by atoms with van der Waals surface area (Å²) in [7, 11) is 0. The Balaban J connectivity index is 2.37. The Morgan fingerprint density at radius 2 is 2.08 bits per heavy atom. The van der Waals surface area contributed by atoms with Crippen LogP contribution in [0.1, 0.15) is 22.3 Å². The molecule has 1 aromatic rings. The van der Waals surface area contributed by atoms with Crippen LogP contribution < -0.4 is 21.2 Å². The Bertz CT molecular complexity index is 803. The standard InChI is InChI=1S/C17H14F3INO3S/c1-26-14-9-21-13(5-6-22-14)12(8-15(23)24)16(25)10-3-2-4-11(7-10)17(18,19)20/h2-7,9,12H,8H2,1H3,(H,23,24)/q-1. The van der Waals surface area contributed by atoms with Gasteiger partial charge in [0.15, 0.2) is 0 Å². The maximum absolute atomic E-state index is 12.9. The molecule has 2 rings (SSSR count). The van der Waals surface area contributed by atoms with E-state index < -0.39 is 57.0 Å². The predicted octanol–water partition coefficient (Wildman–Crippen LogP) is 1.20. The monoisotopic (exact) mass is 496 g/mol. The zero-order chi connectivity index (χ0) is 19.3. The van der Waals surface area contributed by atoms with Crippen molar-refractivity contribution in [2.45, 2.75) is 12.6 Å². The van der Waals surface area contributed by atoms with Crippen LogP contribution in [0.25, 0.3) is 0 Å². The third-order valence-corrected chi connectivity index (χ3v) is 7.22. The Morgan fingerprint density at radius 1 is 1.35 bits per heavy atom. The van der Waals surface area contributed by atoms with Crippen molar-refractivity contribution in [3.8, 4) is 0 Å². The Labute approximate surface area is 162 Å². The molecule has 1 N–H and O–H groups in total. The van der Waals surface area contributed by atoms with Crippen LogP contribution in [0, 0.1) is 5.92 Å². The minimum atomic E-state index is -4.57. The van der Waals surface area contributed by atoms with Gasteiger partial charge >= 0.3 is 163 Å². The number of halogens is 4. The summed E-state index contributed by atoms with van der Waals surface area (Å²) in [6, 6.07) is 4.07. The van der Waals surface area contributed by atoms with E-state index >= 15 is 0 Å². The molecule has 0 spiro atoms. The van der Waals surface area contributed by atoms with Gasteiger partial charge in [-0.05, 0) is 0 Å². The average Bonchev–Trinajstić information content (AvgIpc) is 2.83. The molecule has 9 heteroatoms. The second-order valence-corrected chi connectivity index (χ2v) is 8.50. The van der Waals surface area contributed by atoms with E-state index in [1.54, 1.807) is 6.08 Å². The second kappa shape index (κ2) is 8.85. The Kier molecular flexibility index (Phi) is 7.04. The molecule has 140 valence electrons. The summed E-state index contributed by atoms with van der Waals surface area (Å²) in [5.41, 5.74) is -1.08. The number of rotatable bonds is 6. The van der Waals surface area contributed by atoms with Crippen molar-refractivity contribution in [1.82, 2.24) is 0 Å². The van der Waals surface area contributed by atoms with Crippen molar-refractivity contribution in [2.75, 3.05) is 6.26 Å². The van der Waals surface area contributed by atoms with Gasteiger partial charge in [0.05, 0.1) is 0 Å². The minimum absolute atomic E-state index is 0.147. The van der Waals surface area contributed by atoms with Crippen LogP contribution >= 0.6 is 11.8 Å². The molecule has 4 nitrogen and oxygen atoms in total. The molecular formula is C17H14F3INO3S-. The van der Waals surface area contributed by atoms with Crippen molar-refractivity contribution < 1.29 is 49.1 Å². The number of benzene rings is 1. The molecule has 1 aromatic carbocycles. The zero-order valence-corrected chi connectivity index (χ0v) is 16.4. The van der Waals surface area contributed by atoms with Gasteiger partial charge in [0.2, 0.25) is 0 Å². The molecule has 0 saturated carbocycles. The number of nitrogens with zero attached hydrogens (tertiary/aromatic N) is 1. The first-order valence-electron chi connectivity index (χ1n) is 7.27. The van der Waals surface area contributed by atoms with E-state index in [4.69, 9.17) is 5.11 Å². The number of carboxylic acid groups (broad SMARTS) is 1. The number of hydrogen-bond donors (Lipinski definition) is 1. The Morgan fingerprint density at radius 3 is 2.69 bits per heavy atom. The fourth-order valence-corrected chi connectivity index (χ4v) is 5.59. The first kappa shape index (κ1) is 20.7. The number of thioether (sulfide) groups is 1. The fourth-order valence-electron chi connectivity index (χ4n) is 2.19. The van der Waals surface area contributed by atoms with E-state index in [0.29, 0.717) is 3.58 Å². The zero-order valence-electron chi connectivity index (χ0n) is 13.5. The van der Waals surface area contributed by atoms with Crippen molar-refractivity contribution in [3.05, 3.63) is 54.2 Å². The number of ketones is 1. The summed E-state index contributed by atoms with van der Waals surface area (Å²) in [5.74, 6) is -2.82. The van der Waals surface area contributed by atoms with Gasteiger partial charge in [0, 0.05) is 0 Å². The van der Waals surface area contributed by atoms with Crippen LogP contribution in [0.5, 0.6) is 0 Å². The molecule has 0 saturated heterocycles. The van der Waals surface area contributed by atoms with Crippen molar-refractivity contribution in [3.63, 3.8) is 0 Å². The molecule has 1 heterocycles. The van der Waals surface area contributed by atoms with Crippen LogP contribution in [0.3, 0.4) is 0 Å². The van der Waals surface area contributed by atoms with Gasteiger partial charge in [-0.15, -0.1) is 0 Å². The van der Waals surface area contributed by atoms with Gasteiger partial charge in [-0.1, -0.05) is 0 Å². The van der Waals surface area contributed by atoms with Crippen LogP contribution in [0.15, 0.2) is 48.0 Å². The number of alkyl halides is 3. The molecule has 1 aliphatic rings. The van der Waals surface area contributed by atoms with Gasteiger partial charge in [-0.2, -0.15) is 0 Å². The van der Waals surface area contributed by atoms with Crippen molar-refractivity contribution >= 4 is 29.7 Å². The molecule has 0 amide bonds. The quantitative estimate of drug-likeness (QED) is 0.475. The third kappa shape index (κ3) is 5.44. The Hall–Kier alpha value is -1.62. The summed E-state index contributed by atoms with van der Waals surface area (Å²) < 4.78 is 41.2. The summed E-state index contributed by atoms with van der Waals surface area (Å²) in [5, 5.41) is 9.93. The first-order chi connectivity index (χ1) is 12.2. The maximum atomic E-state index is 12.9. The van der Waals surface area contributed by atoms with Crippen LogP contribution in [-0.4, -0.2) is 29.3 Å². The van der Waals surface area contributed by atoms with Crippen LogP contribution in [-0.2, 0) is 11.0 Å². The number of carbonyl (C=O) groups is 2. The normalized spacial score (nSPS) is 16.0. The van der Waals surface area contributed by atoms with Crippen molar-refractivity contribution in [2.24, 2.45) is 10.9 Å². The fraction of sp³-hybridized carbons (Fsp3) is 0.235. The van der Waals surface area contributed by atoms with Crippen LogP contribution in [0.2, 0.25) is 0 Å². The molecule has 1 atom stereocenters. The van der Waals surface area contributed by atoms with Gasteiger partial charge in [0.25, 0.3) is 0 Å². The number of hydrogen-bond acceptors (Lipinski definition) is 4. The predicted molar refractivity (Wildman–Crippen MR) is 89.7 cm³/mol. The molecule has 0 radical (unpaired) electrons. The summed E-state index contributed by atoms with van der Waals surface area (Å²) in [6.07, 6.45) is -0.0993. The molecular weight excluding hydrogens is 482 g/mol. The van der Waals surface area contributed by atoms with Crippen molar-refractivity contribution in [1.29, 1.82) is 0 Å². The number of carbonyl (C=O) groups excluding carboxylic acids is 1. The first-order valence-corrected chi connectivity index (χ1v) is 10.8. The number of carboxylic acids is 1.